The van der Waals surface area contributed by atoms with Crippen molar-refractivity contribution in [1.29, 1.82) is 0 Å². The Kier molecular flexibility index (Phi) is 6.23. The quantitative estimate of drug-likeness (QED) is 0.774. The van der Waals surface area contributed by atoms with E-state index >= 15 is 0 Å². The summed E-state index contributed by atoms with van der Waals surface area (Å²) in [5, 5.41) is 0. The molecule has 6 heteroatoms. The van der Waals surface area contributed by atoms with Crippen LogP contribution in [-0.4, -0.2) is 43.5 Å². The molecule has 2 amide bonds. The number of rotatable bonds is 7. The SMILES string of the molecule is COc1cccc(/C=C/C(=O)N(CC(N)=O)C2CCCC2)c1OC. The van der Waals surface area contributed by atoms with Gasteiger partial charge in [0, 0.05) is 17.7 Å². The second-order valence-electron chi connectivity index (χ2n) is 5.79. The summed E-state index contributed by atoms with van der Waals surface area (Å²) in [7, 11) is 3.11. The highest BCUT2D eigenvalue weighted by atomic mass is 16.5. The standard InChI is InChI=1S/C18H24N2O4/c1-23-15-9-5-6-13(18(15)24-2)10-11-17(22)20(12-16(19)21)14-7-3-4-8-14/h5-6,9-11,14H,3-4,7-8,12H2,1-2H3,(H2,19,21)/b11-10+. The van der Waals surface area contributed by atoms with Gasteiger partial charge in [-0.2, -0.15) is 0 Å². The van der Waals surface area contributed by atoms with E-state index < -0.39 is 5.91 Å². The average Bonchev–Trinajstić information content (AvgIpc) is 3.11. The van der Waals surface area contributed by atoms with Gasteiger partial charge < -0.3 is 20.1 Å². The van der Waals surface area contributed by atoms with Crippen molar-refractivity contribution in [1.82, 2.24) is 4.90 Å². The molecule has 2 rings (SSSR count). The van der Waals surface area contributed by atoms with Crippen LogP contribution in [0.15, 0.2) is 24.3 Å². The van der Waals surface area contributed by atoms with Crippen molar-refractivity contribution >= 4 is 17.9 Å². The zero-order valence-corrected chi connectivity index (χ0v) is 14.2. The first-order valence-corrected chi connectivity index (χ1v) is 8.04. The number of amides is 2. The van der Waals surface area contributed by atoms with E-state index in [1.807, 2.05) is 12.1 Å². The number of nitrogens with two attached hydrogens (primary N) is 1. The summed E-state index contributed by atoms with van der Waals surface area (Å²) in [4.78, 5) is 25.4. The summed E-state index contributed by atoms with van der Waals surface area (Å²) in [5.74, 6) is 0.441. The Morgan fingerprint density at radius 3 is 2.54 bits per heavy atom. The number of nitrogens with zero attached hydrogens (tertiary/aromatic N) is 1. The van der Waals surface area contributed by atoms with Gasteiger partial charge in [-0.3, -0.25) is 9.59 Å². The Bertz CT molecular complexity index is 621. The van der Waals surface area contributed by atoms with Crippen molar-refractivity contribution in [3.05, 3.63) is 29.8 Å². The van der Waals surface area contributed by atoms with Gasteiger partial charge in [-0.25, -0.2) is 0 Å². The number of hydrogen-bond donors (Lipinski definition) is 1. The van der Waals surface area contributed by atoms with E-state index in [2.05, 4.69) is 0 Å². The van der Waals surface area contributed by atoms with E-state index in [4.69, 9.17) is 15.2 Å². The van der Waals surface area contributed by atoms with Crippen molar-refractivity contribution in [3.63, 3.8) is 0 Å². The summed E-state index contributed by atoms with van der Waals surface area (Å²) in [5.41, 5.74) is 6.03. The van der Waals surface area contributed by atoms with Crippen LogP contribution in [-0.2, 0) is 9.59 Å². The van der Waals surface area contributed by atoms with Gasteiger partial charge >= 0.3 is 0 Å². The highest BCUT2D eigenvalue weighted by Gasteiger charge is 2.26. The zero-order valence-electron chi connectivity index (χ0n) is 14.2. The number of para-hydroxylation sites is 1. The Balaban J connectivity index is 2.19. The van der Waals surface area contributed by atoms with Crippen LogP contribution in [0.3, 0.4) is 0 Å². The number of carbonyl (C=O) groups excluding carboxylic acids is 2. The van der Waals surface area contributed by atoms with E-state index in [0.29, 0.717) is 11.5 Å². The van der Waals surface area contributed by atoms with Crippen LogP contribution < -0.4 is 15.2 Å². The maximum absolute atomic E-state index is 12.6. The fourth-order valence-corrected chi connectivity index (χ4v) is 3.07. The smallest absolute Gasteiger partial charge is 0.247 e. The third-order valence-electron chi connectivity index (χ3n) is 4.21. The Morgan fingerprint density at radius 1 is 1.25 bits per heavy atom. The Labute approximate surface area is 142 Å². The fraction of sp³-hybridized carbons (Fsp3) is 0.444. The first-order chi connectivity index (χ1) is 11.6. The molecule has 0 aliphatic heterocycles. The predicted molar refractivity (Wildman–Crippen MR) is 91.7 cm³/mol. The number of ether oxygens (including phenoxy) is 2. The summed E-state index contributed by atoms with van der Waals surface area (Å²) >= 11 is 0. The Morgan fingerprint density at radius 2 is 1.96 bits per heavy atom. The van der Waals surface area contributed by atoms with Crippen LogP contribution in [0.25, 0.3) is 6.08 Å². The summed E-state index contributed by atoms with van der Waals surface area (Å²) < 4.78 is 10.6. The highest BCUT2D eigenvalue weighted by molar-refractivity contribution is 5.94. The van der Waals surface area contributed by atoms with Crippen molar-refractivity contribution < 1.29 is 19.1 Å². The Hall–Kier alpha value is -2.50. The summed E-state index contributed by atoms with van der Waals surface area (Å²) in [6, 6.07) is 5.53. The third kappa shape index (κ3) is 4.28. The number of benzene rings is 1. The van der Waals surface area contributed by atoms with Gasteiger partial charge in [0.15, 0.2) is 11.5 Å². The monoisotopic (exact) mass is 332 g/mol. The average molecular weight is 332 g/mol. The molecule has 0 atom stereocenters. The molecule has 1 aromatic rings. The van der Waals surface area contributed by atoms with E-state index in [9.17, 15) is 9.59 Å². The minimum Gasteiger partial charge on any atom is -0.493 e. The lowest BCUT2D eigenvalue weighted by Gasteiger charge is -2.26. The fourth-order valence-electron chi connectivity index (χ4n) is 3.07. The molecule has 0 spiro atoms. The van der Waals surface area contributed by atoms with E-state index in [1.54, 1.807) is 31.3 Å². The molecule has 1 saturated carbocycles. The topological polar surface area (TPSA) is 81.9 Å². The molecule has 0 aromatic heterocycles. The largest absolute Gasteiger partial charge is 0.493 e. The van der Waals surface area contributed by atoms with Crippen LogP contribution >= 0.6 is 0 Å². The molecule has 0 unspecified atom stereocenters. The second-order valence-corrected chi connectivity index (χ2v) is 5.79. The molecule has 0 heterocycles. The van der Waals surface area contributed by atoms with Gasteiger partial charge in [0.05, 0.1) is 20.8 Å². The number of methoxy groups -OCH3 is 2. The van der Waals surface area contributed by atoms with Crippen LogP contribution in [0.4, 0.5) is 0 Å². The predicted octanol–water partition coefficient (Wildman–Crippen LogP) is 1.97. The van der Waals surface area contributed by atoms with Crippen LogP contribution in [0, 0.1) is 0 Å². The van der Waals surface area contributed by atoms with Gasteiger partial charge in [0.25, 0.3) is 0 Å². The van der Waals surface area contributed by atoms with Gasteiger partial charge in [-0.1, -0.05) is 25.0 Å². The first kappa shape index (κ1) is 17.8. The normalized spacial score (nSPS) is 14.8. The number of carbonyl (C=O) groups is 2. The van der Waals surface area contributed by atoms with Gasteiger partial charge in [-0.05, 0) is 25.0 Å². The number of hydrogen-bond acceptors (Lipinski definition) is 4. The van der Waals surface area contributed by atoms with Gasteiger partial charge in [-0.15, -0.1) is 0 Å². The molecule has 24 heavy (non-hydrogen) atoms. The molecule has 0 radical (unpaired) electrons. The van der Waals surface area contributed by atoms with Crippen molar-refractivity contribution in [2.24, 2.45) is 5.73 Å². The minimum atomic E-state index is -0.498. The van der Waals surface area contributed by atoms with E-state index in [-0.39, 0.29) is 18.5 Å². The van der Waals surface area contributed by atoms with E-state index in [0.717, 1.165) is 31.2 Å². The lowest BCUT2D eigenvalue weighted by Crippen LogP contribution is -2.43. The lowest BCUT2D eigenvalue weighted by molar-refractivity contribution is -0.133. The van der Waals surface area contributed by atoms with Crippen LogP contribution in [0.2, 0.25) is 0 Å². The maximum Gasteiger partial charge on any atom is 0.247 e. The molecule has 1 aliphatic carbocycles. The second kappa shape index (κ2) is 8.38. The van der Waals surface area contributed by atoms with E-state index in [1.165, 1.54) is 6.08 Å². The number of primary amides is 1. The molecule has 1 aromatic carbocycles. The van der Waals surface area contributed by atoms with Crippen LogP contribution in [0.5, 0.6) is 11.5 Å². The van der Waals surface area contributed by atoms with Crippen molar-refractivity contribution in [2.75, 3.05) is 20.8 Å². The molecule has 0 saturated heterocycles. The molecule has 1 aliphatic rings. The molecule has 1 fully saturated rings. The van der Waals surface area contributed by atoms with Crippen LogP contribution in [0.1, 0.15) is 31.2 Å². The molecule has 130 valence electrons. The molecule has 2 N–H and O–H groups in total. The minimum absolute atomic E-state index is 0.0525. The van der Waals surface area contributed by atoms with Crippen molar-refractivity contribution in [2.45, 2.75) is 31.7 Å². The van der Waals surface area contributed by atoms with Gasteiger partial charge in [0.1, 0.15) is 0 Å². The lowest BCUT2D eigenvalue weighted by atomic mass is 10.1. The zero-order chi connectivity index (χ0) is 17.5. The maximum atomic E-state index is 12.6. The molecule has 0 bridgehead atoms. The van der Waals surface area contributed by atoms with Gasteiger partial charge in [0.2, 0.25) is 11.8 Å². The van der Waals surface area contributed by atoms with Crippen molar-refractivity contribution in [3.8, 4) is 11.5 Å². The summed E-state index contributed by atoms with van der Waals surface area (Å²) in [6.45, 7) is -0.0525. The molecular weight excluding hydrogens is 308 g/mol. The molecular formula is C18H24N2O4. The summed E-state index contributed by atoms with van der Waals surface area (Å²) in [6.07, 6.45) is 7.09. The third-order valence-corrected chi connectivity index (χ3v) is 4.21. The first-order valence-electron chi connectivity index (χ1n) is 8.04. The molecule has 6 nitrogen and oxygen atoms in total. The highest BCUT2D eigenvalue weighted by Crippen LogP contribution is 2.31.